The van der Waals surface area contributed by atoms with Crippen LogP contribution in [0, 0.1) is 6.92 Å². The molecule has 4 heterocycles. The van der Waals surface area contributed by atoms with Gasteiger partial charge >= 0.3 is 0 Å². The zero-order chi connectivity index (χ0) is 16.5. The van der Waals surface area contributed by atoms with E-state index in [1.165, 1.54) is 19.2 Å². The van der Waals surface area contributed by atoms with Crippen LogP contribution < -0.4 is 0 Å². The summed E-state index contributed by atoms with van der Waals surface area (Å²) >= 11 is 0. The molecule has 7 heteroatoms. The number of fused-ring (bicyclic) bond motifs is 1. The van der Waals surface area contributed by atoms with Gasteiger partial charge in [-0.15, -0.1) is 0 Å². The first-order chi connectivity index (χ1) is 11.7. The first-order valence-corrected chi connectivity index (χ1v) is 8.66. The molecule has 1 fully saturated rings. The topological polar surface area (TPSA) is 67.4 Å². The third-order valence-electron chi connectivity index (χ3n) is 5.12. The maximum absolute atomic E-state index is 13.1. The highest BCUT2D eigenvalue weighted by molar-refractivity contribution is 5.92. The van der Waals surface area contributed by atoms with E-state index >= 15 is 0 Å². The molecule has 1 saturated heterocycles. The quantitative estimate of drug-likeness (QED) is 0.857. The molecule has 0 spiro atoms. The molecule has 24 heavy (non-hydrogen) atoms. The Morgan fingerprint density at radius 2 is 2.17 bits per heavy atom. The fraction of sp³-hybridized carbons (Fsp3) is 0.588. The normalized spacial score (nSPS) is 21.7. The summed E-state index contributed by atoms with van der Waals surface area (Å²) in [5.41, 5.74) is 1.72. The van der Waals surface area contributed by atoms with Crippen molar-refractivity contribution in [3.8, 4) is 0 Å². The molecule has 4 rings (SSSR count). The number of hydrogen-bond acceptors (Lipinski definition) is 5. The molecule has 1 unspecified atom stereocenters. The van der Waals surface area contributed by atoms with Crippen molar-refractivity contribution in [1.29, 1.82) is 0 Å². The Labute approximate surface area is 141 Å². The van der Waals surface area contributed by atoms with Gasteiger partial charge in [-0.2, -0.15) is 5.10 Å². The molecule has 0 radical (unpaired) electrons. The number of likely N-dealkylation sites (tertiary alicyclic amines) is 1. The van der Waals surface area contributed by atoms with Gasteiger partial charge < -0.3 is 14.2 Å². The van der Waals surface area contributed by atoms with Crippen LogP contribution in [0.2, 0.25) is 0 Å². The summed E-state index contributed by atoms with van der Waals surface area (Å²) in [5, 5.41) is 4.39. The summed E-state index contributed by atoms with van der Waals surface area (Å²) in [4.78, 5) is 21.6. The molecule has 2 aliphatic heterocycles. The number of nitrogens with zero attached hydrogens (tertiary/aromatic N) is 5. The highest BCUT2D eigenvalue weighted by Crippen LogP contribution is 2.23. The van der Waals surface area contributed by atoms with E-state index in [-0.39, 0.29) is 11.9 Å². The molecule has 1 amide bonds. The standard InChI is InChI=1S/C17H23N5O2/c1-13-16(24-12-18-13)17(23)21-11-15-4-6-19-22(15)9-5-14(21)10-20-7-2-3-8-20/h4,6,12,14H,2-3,5,7-11H2,1H3. The molecule has 2 aliphatic rings. The largest absolute Gasteiger partial charge is 0.438 e. The van der Waals surface area contributed by atoms with Crippen molar-refractivity contribution in [1.82, 2.24) is 24.6 Å². The van der Waals surface area contributed by atoms with E-state index in [1.807, 2.05) is 22.6 Å². The van der Waals surface area contributed by atoms with Gasteiger partial charge in [0.25, 0.3) is 5.91 Å². The van der Waals surface area contributed by atoms with Crippen molar-refractivity contribution in [3.05, 3.63) is 35.8 Å². The molecule has 0 N–H and O–H groups in total. The van der Waals surface area contributed by atoms with Gasteiger partial charge in [-0.25, -0.2) is 4.98 Å². The second-order valence-electron chi connectivity index (χ2n) is 6.70. The Balaban J connectivity index is 1.61. The van der Waals surface area contributed by atoms with Crippen LogP contribution in [0.25, 0.3) is 0 Å². The van der Waals surface area contributed by atoms with Crippen molar-refractivity contribution in [2.24, 2.45) is 0 Å². The lowest BCUT2D eigenvalue weighted by Gasteiger charge is -2.32. The molecule has 7 nitrogen and oxygen atoms in total. The SMILES string of the molecule is Cc1ncoc1C(=O)N1Cc2ccnn2CCC1CN1CCCC1. The predicted molar refractivity (Wildman–Crippen MR) is 87.4 cm³/mol. The van der Waals surface area contributed by atoms with Gasteiger partial charge in [0.05, 0.1) is 17.9 Å². The second kappa shape index (κ2) is 6.39. The lowest BCUT2D eigenvalue weighted by atomic mass is 10.1. The van der Waals surface area contributed by atoms with E-state index in [0.29, 0.717) is 18.0 Å². The van der Waals surface area contributed by atoms with E-state index in [1.54, 1.807) is 6.20 Å². The van der Waals surface area contributed by atoms with Crippen LogP contribution in [0.5, 0.6) is 0 Å². The number of hydrogen-bond donors (Lipinski definition) is 0. The summed E-state index contributed by atoms with van der Waals surface area (Å²) in [6.07, 6.45) is 6.57. The zero-order valence-electron chi connectivity index (χ0n) is 14.0. The Morgan fingerprint density at radius 1 is 1.33 bits per heavy atom. The Morgan fingerprint density at radius 3 is 2.92 bits per heavy atom. The molecule has 0 aliphatic carbocycles. The summed E-state index contributed by atoms with van der Waals surface area (Å²) in [5.74, 6) is 0.290. The van der Waals surface area contributed by atoms with Gasteiger partial charge in [0.2, 0.25) is 5.76 Å². The maximum Gasteiger partial charge on any atom is 0.292 e. The number of aryl methyl sites for hydroxylation is 2. The number of aromatic nitrogens is 3. The van der Waals surface area contributed by atoms with Crippen LogP contribution in [0.3, 0.4) is 0 Å². The molecule has 128 valence electrons. The van der Waals surface area contributed by atoms with Crippen LogP contribution in [0.4, 0.5) is 0 Å². The first-order valence-electron chi connectivity index (χ1n) is 8.66. The third kappa shape index (κ3) is 2.84. The molecule has 2 aromatic heterocycles. The molecule has 2 aromatic rings. The lowest BCUT2D eigenvalue weighted by Crippen LogP contribution is -2.45. The summed E-state index contributed by atoms with van der Waals surface area (Å²) in [7, 11) is 0. The van der Waals surface area contributed by atoms with Gasteiger partial charge in [0.15, 0.2) is 6.39 Å². The molecular formula is C17H23N5O2. The summed E-state index contributed by atoms with van der Waals surface area (Å²) < 4.78 is 7.38. The smallest absolute Gasteiger partial charge is 0.292 e. The number of oxazole rings is 1. The molecule has 0 saturated carbocycles. The summed E-state index contributed by atoms with van der Waals surface area (Å²) in [6, 6.07) is 2.16. The predicted octanol–water partition coefficient (Wildman–Crippen LogP) is 1.69. The number of carbonyl (C=O) groups excluding carboxylic acids is 1. The van der Waals surface area contributed by atoms with Crippen LogP contribution in [-0.4, -0.2) is 56.1 Å². The van der Waals surface area contributed by atoms with Crippen LogP contribution in [0.1, 0.15) is 41.2 Å². The van der Waals surface area contributed by atoms with Gasteiger partial charge in [0.1, 0.15) is 0 Å². The Hall–Kier alpha value is -2.15. The number of amides is 1. The first kappa shape index (κ1) is 15.4. The summed E-state index contributed by atoms with van der Waals surface area (Å²) in [6.45, 7) is 6.41. The van der Waals surface area contributed by atoms with E-state index in [9.17, 15) is 4.79 Å². The van der Waals surface area contributed by atoms with Crippen LogP contribution >= 0.6 is 0 Å². The second-order valence-corrected chi connectivity index (χ2v) is 6.70. The molecule has 1 atom stereocenters. The van der Waals surface area contributed by atoms with Gasteiger partial charge in [-0.1, -0.05) is 0 Å². The minimum absolute atomic E-state index is 0.0659. The van der Waals surface area contributed by atoms with Crippen LogP contribution in [-0.2, 0) is 13.1 Å². The molecular weight excluding hydrogens is 306 g/mol. The van der Waals surface area contributed by atoms with Crippen molar-refractivity contribution in [2.75, 3.05) is 19.6 Å². The fourth-order valence-electron chi connectivity index (χ4n) is 3.75. The fourth-order valence-corrected chi connectivity index (χ4v) is 3.75. The van der Waals surface area contributed by atoms with Crippen molar-refractivity contribution in [2.45, 2.75) is 45.3 Å². The highest BCUT2D eigenvalue weighted by atomic mass is 16.3. The van der Waals surface area contributed by atoms with Crippen molar-refractivity contribution < 1.29 is 9.21 Å². The van der Waals surface area contributed by atoms with Gasteiger partial charge in [-0.05, 0) is 45.3 Å². The number of carbonyl (C=O) groups is 1. The lowest BCUT2D eigenvalue weighted by molar-refractivity contribution is 0.0582. The Bertz CT molecular complexity index is 716. The van der Waals surface area contributed by atoms with Crippen LogP contribution in [0.15, 0.2) is 23.1 Å². The van der Waals surface area contributed by atoms with Crippen molar-refractivity contribution >= 4 is 5.91 Å². The van der Waals surface area contributed by atoms with Gasteiger partial charge in [0, 0.05) is 25.3 Å². The average molecular weight is 329 g/mol. The third-order valence-corrected chi connectivity index (χ3v) is 5.12. The maximum atomic E-state index is 13.1. The van der Waals surface area contributed by atoms with Gasteiger partial charge in [-0.3, -0.25) is 9.48 Å². The van der Waals surface area contributed by atoms with E-state index in [0.717, 1.165) is 38.3 Å². The zero-order valence-corrected chi connectivity index (χ0v) is 14.0. The minimum Gasteiger partial charge on any atom is -0.438 e. The van der Waals surface area contributed by atoms with E-state index in [2.05, 4.69) is 15.0 Å². The minimum atomic E-state index is -0.0659. The van der Waals surface area contributed by atoms with E-state index < -0.39 is 0 Å². The number of rotatable bonds is 3. The monoisotopic (exact) mass is 329 g/mol. The highest BCUT2D eigenvalue weighted by Gasteiger charge is 2.32. The van der Waals surface area contributed by atoms with Crippen molar-refractivity contribution in [3.63, 3.8) is 0 Å². The molecule has 0 bridgehead atoms. The van der Waals surface area contributed by atoms with E-state index in [4.69, 9.17) is 4.42 Å². The molecule has 0 aromatic carbocycles. The average Bonchev–Trinajstić information content (AvgIpc) is 3.30. The Kier molecular flexibility index (Phi) is 4.10.